The van der Waals surface area contributed by atoms with Crippen molar-refractivity contribution < 1.29 is 18.3 Å². The number of hydrogen-bond donors (Lipinski definition) is 1. The number of carboxylic acid groups (broad SMARTS) is 1. The smallest absolute Gasteiger partial charge is 0.356 e. The molecule has 0 saturated heterocycles. The number of carbonyl (C=O) groups is 1. The van der Waals surface area contributed by atoms with Crippen LogP contribution in [-0.4, -0.2) is 28.5 Å². The minimum Gasteiger partial charge on any atom is -0.476 e. The second kappa shape index (κ2) is 4.51. The molecular formula is C12H12N2O4S. The van der Waals surface area contributed by atoms with E-state index in [1.54, 1.807) is 13.0 Å². The van der Waals surface area contributed by atoms with Crippen molar-refractivity contribution in [3.63, 3.8) is 0 Å². The van der Waals surface area contributed by atoms with Crippen LogP contribution < -0.4 is 0 Å². The Morgan fingerprint density at radius 3 is 2.58 bits per heavy atom. The van der Waals surface area contributed by atoms with Crippen LogP contribution in [0.3, 0.4) is 0 Å². The molecular weight excluding hydrogens is 268 g/mol. The highest BCUT2D eigenvalue weighted by atomic mass is 32.2. The number of rotatable bonds is 3. The fourth-order valence-electron chi connectivity index (χ4n) is 1.67. The van der Waals surface area contributed by atoms with Crippen LogP contribution in [-0.2, 0) is 10.0 Å². The maximum absolute atomic E-state index is 12.4. The van der Waals surface area contributed by atoms with Crippen LogP contribution in [0.5, 0.6) is 0 Å². The first kappa shape index (κ1) is 13.3. The standard InChI is InChI=1S/C12H12N2O4S/c1-8-4-3-5-11(9(8)2)19(17,18)14-6-10(12(15)16)13-7-14/h3-7H,1-2H3,(H,15,16). The summed E-state index contributed by atoms with van der Waals surface area (Å²) < 4.78 is 25.6. The zero-order valence-corrected chi connectivity index (χ0v) is 11.2. The molecule has 0 atom stereocenters. The predicted octanol–water partition coefficient (Wildman–Crippen LogP) is 1.44. The number of hydrogen-bond acceptors (Lipinski definition) is 4. The van der Waals surface area contributed by atoms with Gasteiger partial charge in [0.25, 0.3) is 10.0 Å². The van der Waals surface area contributed by atoms with Crippen molar-refractivity contribution in [3.05, 3.63) is 47.5 Å². The molecule has 6 nitrogen and oxygen atoms in total. The lowest BCUT2D eigenvalue weighted by Crippen LogP contribution is -2.13. The molecule has 0 spiro atoms. The molecule has 1 aromatic carbocycles. The van der Waals surface area contributed by atoms with Crippen molar-refractivity contribution in [1.82, 2.24) is 8.96 Å². The monoisotopic (exact) mass is 280 g/mol. The third-order valence-electron chi connectivity index (χ3n) is 2.89. The van der Waals surface area contributed by atoms with Crippen LogP contribution in [0.25, 0.3) is 0 Å². The Morgan fingerprint density at radius 1 is 1.32 bits per heavy atom. The van der Waals surface area contributed by atoms with E-state index in [-0.39, 0.29) is 10.6 Å². The molecule has 0 aliphatic carbocycles. The summed E-state index contributed by atoms with van der Waals surface area (Å²) in [6.45, 7) is 3.52. The molecule has 0 saturated carbocycles. The third-order valence-corrected chi connectivity index (χ3v) is 4.64. The van der Waals surface area contributed by atoms with Crippen molar-refractivity contribution in [1.29, 1.82) is 0 Å². The molecule has 0 radical (unpaired) electrons. The number of aromatic nitrogens is 2. The van der Waals surface area contributed by atoms with Gasteiger partial charge in [-0.25, -0.2) is 22.2 Å². The van der Waals surface area contributed by atoms with E-state index < -0.39 is 16.0 Å². The molecule has 0 fully saturated rings. The Kier molecular flexibility index (Phi) is 3.15. The van der Waals surface area contributed by atoms with Gasteiger partial charge in [0.15, 0.2) is 5.69 Å². The van der Waals surface area contributed by atoms with Crippen molar-refractivity contribution >= 4 is 16.0 Å². The second-order valence-electron chi connectivity index (χ2n) is 4.10. The fourth-order valence-corrected chi connectivity index (χ4v) is 3.10. The summed E-state index contributed by atoms with van der Waals surface area (Å²) in [6, 6.07) is 4.94. The van der Waals surface area contributed by atoms with Crippen LogP contribution >= 0.6 is 0 Å². The molecule has 0 aliphatic rings. The summed E-state index contributed by atoms with van der Waals surface area (Å²) in [4.78, 5) is 14.4. The first-order chi connectivity index (χ1) is 8.84. The maximum Gasteiger partial charge on any atom is 0.356 e. The molecule has 0 bridgehead atoms. The molecule has 1 N–H and O–H groups in total. The topological polar surface area (TPSA) is 89.3 Å². The molecule has 2 rings (SSSR count). The highest BCUT2D eigenvalue weighted by molar-refractivity contribution is 7.90. The van der Waals surface area contributed by atoms with Crippen LogP contribution in [0.15, 0.2) is 35.6 Å². The number of benzene rings is 1. The Balaban J connectivity index is 2.59. The van der Waals surface area contributed by atoms with Crippen LogP contribution in [0.1, 0.15) is 21.6 Å². The van der Waals surface area contributed by atoms with Crippen molar-refractivity contribution in [3.8, 4) is 0 Å². The summed E-state index contributed by atoms with van der Waals surface area (Å²) in [7, 11) is -3.81. The molecule has 1 aromatic heterocycles. The minimum absolute atomic E-state index is 0.141. The van der Waals surface area contributed by atoms with Gasteiger partial charge in [-0.3, -0.25) is 0 Å². The molecule has 19 heavy (non-hydrogen) atoms. The number of carboxylic acids is 1. The van der Waals surface area contributed by atoms with E-state index in [0.29, 0.717) is 5.56 Å². The molecule has 100 valence electrons. The van der Waals surface area contributed by atoms with Gasteiger partial charge in [0, 0.05) is 0 Å². The number of aryl methyl sites for hydroxylation is 1. The van der Waals surface area contributed by atoms with Crippen LogP contribution in [0.2, 0.25) is 0 Å². The van der Waals surface area contributed by atoms with Crippen molar-refractivity contribution in [2.45, 2.75) is 18.7 Å². The van der Waals surface area contributed by atoms with Crippen molar-refractivity contribution in [2.75, 3.05) is 0 Å². The molecule has 1 heterocycles. The largest absolute Gasteiger partial charge is 0.476 e. The Bertz CT molecular complexity index is 747. The zero-order valence-electron chi connectivity index (χ0n) is 10.4. The van der Waals surface area contributed by atoms with Gasteiger partial charge in [-0.1, -0.05) is 12.1 Å². The lowest BCUT2D eigenvalue weighted by atomic mass is 10.1. The average Bonchev–Trinajstić information content (AvgIpc) is 2.82. The molecule has 0 unspecified atom stereocenters. The molecule has 2 aromatic rings. The quantitative estimate of drug-likeness (QED) is 0.918. The first-order valence-corrected chi connectivity index (χ1v) is 6.87. The van der Waals surface area contributed by atoms with Gasteiger partial charge in [0.05, 0.1) is 11.1 Å². The lowest BCUT2D eigenvalue weighted by Gasteiger charge is -2.09. The van der Waals surface area contributed by atoms with E-state index in [2.05, 4.69) is 4.98 Å². The van der Waals surface area contributed by atoms with Crippen molar-refractivity contribution in [2.24, 2.45) is 0 Å². The normalized spacial score (nSPS) is 11.5. The van der Waals surface area contributed by atoms with Gasteiger partial charge >= 0.3 is 5.97 Å². The minimum atomic E-state index is -3.81. The van der Waals surface area contributed by atoms with E-state index in [0.717, 1.165) is 22.1 Å². The first-order valence-electron chi connectivity index (χ1n) is 5.43. The summed E-state index contributed by atoms with van der Waals surface area (Å²) in [5.41, 5.74) is 1.17. The Morgan fingerprint density at radius 2 is 2.00 bits per heavy atom. The number of aromatic carboxylic acids is 1. The number of imidazole rings is 1. The predicted molar refractivity (Wildman–Crippen MR) is 67.7 cm³/mol. The molecule has 0 aliphatic heterocycles. The van der Waals surface area contributed by atoms with Gasteiger partial charge in [-0.05, 0) is 31.0 Å². The fraction of sp³-hybridized carbons (Fsp3) is 0.167. The Hall–Kier alpha value is -2.15. The van der Waals surface area contributed by atoms with Gasteiger partial charge in [0.2, 0.25) is 0 Å². The van der Waals surface area contributed by atoms with Crippen LogP contribution in [0, 0.1) is 13.8 Å². The summed E-state index contributed by atoms with van der Waals surface area (Å²) in [5.74, 6) is -1.27. The highest BCUT2D eigenvalue weighted by Gasteiger charge is 2.21. The number of nitrogens with zero attached hydrogens (tertiary/aromatic N) is 2. The van der Waals surface area contributed by atoms with Gasteiger partial charge in [-0.2, -0.15) is 0 Å². The SMILES string of the molecule is Cc1cccc(S(=O)(=O)n2cnc(C(=O)O)c2)c1C. The molecule has 0 amide bonds. The summed E-state index contributed by atoms with van der Waals surface area (Å²) >= 11 is 0. The third kappa shape index (κ3) is 2.24. The summed E-state index contributed by atoms with van der Waals surface area (Å²) in [5, 5.41) is 8.76. The second-order valence-corrected chi connectivity index (χ2v) is 5.91. The van der Waals surface area contributed by atoms with Gasteiger partial charge in [-0.15, -0.1) is 0 Å². The molecule has 7 heteroatoms. The van der Waals surface area contributed by atoms with E-state index in [9.17, 15) is 13.2 Å². The average molecular weight is 280 g/mol. The van der Waals surface area contributed by atoms with E-state index in [1.807, 2.05) is 13.0 Å². The summed E-state index contributed by atoms with van der Waals surface area (Å²) in [6.07, 6.45) is 1.97. The van der Waals surface area contributed by atoms with E-state index >= 15 is 0 Å². The zero-order chi connectivity index (χ0) is 14.2. The lowest BCUT2D eigenvalue weighted by molar-refractivity contribution is 0.0691. The van der Waals surface area contributed by atoms with Gasteiger partial charge in [0.1, 0.15) is 6.33 Å². The van der Waals surface area contributed by atoms with Gasteiger partial charge < -0.3 is 5.11 Å². The van der Waals surface area contributed by atoms with Crippen LogP contribution in [0.4, 0.5) is 0 Å². The van der Waals surface area contributed by atoms with E-state index in [1.165, 1.54) is 6.07 Å². The highest BCUT2D eigenvalue weighted by Crippen LogP contribution is 2.21. The maximum atomic E-state index is 12.4. The van der Waals surface area contributed by atoms with E-state index in [4.69, 9.17) is 5.11 Å². The Labute approximate surface area is 110 Å².